The number of aliphatic hydroxyl groups is 2. The molecule has 0 saturated carbocycles. The van der Waals surface area contributed by atoms with Crippen LogP contribution in [0.4, 0.5) is 0 Å². The van der Waals surface area contributed by atoms with Crippen LogP contribution in [0.2, 0.25) is 18.1 Å². The fourth-order valence-electron chi connectivity index (χ4n) is 8.58. The van der Waals surface area contributed by atoms with Gasteiger partial charge in [-0.25, -0.2) is 0 Å². The van der Waals surface area contributed by atoms with Crippen molar-refractivity contribution in [3.8, 4) is 0 Å². The molecule has 1 amide bonds. The van der Waals surface area contributed by atoms with Gasteiger partial charge in [0.2, 0.25) is 5.91 Å². The van der Waals surface area contributed by atoms with Crippen LogP contribution < -0.4 is 5.32 Å². The second-order valence-corrected chi connectivity index (χ2v) is 25.5. The highest BCUT2D eigenvalue weighted by atomic mass is 28.4. The topological polar surface area (TPSA) is 141 Å². The molecule has 0 radical (unpaired) electrons. The molecule has 0 aromatic heterocycles. The number of rotatable bonds is 33. The van der Waals surface area contributed by atoms with Gasteiger partial charge in [-0.2, -0.15) is 0 Å². The van der Waals surface area contributed by atoms with Crippen LogP contribution in [0.15, 0.2) is 91.0 Å². The van der Waals surface area contributed by atoms with E-state index in [2.05, 4.69) is 112 Å². The van der Waals surface area contributed by atoms with E-state index in [1.54, 1.807) is 0 Å². The molecule has 6 atom stereocenters. The zero-order valence-corrected chi connectivity index (χ0v) is 43.3. The normalized spacial score (nSPS) is 19.0. The Balaban J connectivity index is 1.31. The van der Waals surface area contributed by atoms with E-state index in [0.29, 0.717) is 12.8 Å². The van der Waals surface area contributed by atoms with Crippen molar-refractivity contribution in [2.45, 2.75) is 223 Å². The molecule has 3 aromatic rings. The number of carbonyl (C=O) groups is 3. The third-order valence-corrected chi connectivity index (χ3v) is 18.4. The molecule has 3 N–H and O–H groups in total. The van der Waals surface area contributed by atoms with Gasteiger partial charge in [-0.1, -0.05) is 176 Å². The van der Waals surface area contributed by atoms with Gasteiger partial charge in [-0.05, 0) is 99.0 Å². The van der Waals surface area contributed by atoms with Gasteiger partial charge in [0, 0.05) is 12.8 Å². The first-order valence-corrected chi connectivity index (χ1v) is 29.1. The van der Waals surface area contributed by atoms with Crippen molar-refractivity contribution in [2.24, 2.45) is 0 Å². The summed E-state index contributed by atoms with van der Waals surface area (Å²) in [5, 5.41) is 25.9. The van der Waals surface area contributed by atoms with Gasteiger partial charge in [0.05, 0.1) is 13.0 Å². The van der Waals surface area contributed by atoms with Crippen LogP contribution in [0, 0.1) is 0 Å². The fourth-order valence-corrected chi connectivity index (χ4v) is 9.60. The summed E-state index contributed by atoms with van der Waals surface area (Å²) >= 11 is 0. The van der Waals surface area contributed by atoms with E-state index in [1.807, 2.05) is 18.2 Å². The van der Waals surface area contributed by atoms with Crippen molar-refractivity contribution in [3.05, 3.63) is 108 Å². The molecule has 11 heteroatoms. The van der Waals surface area contributed by atoms with E-state index < -0.39 is 56.9 Å². The molecular weight excluding hydrogens is 871 g/mol. The smallest absolute Gasteiger partial charge is 0.306 e. The molecule has 1 aliphatic heterocycles. The van der Waals surface area contributed by atoms with Crippen molar-refractivity contribution in [2.75, 3.05) is 6.61 Å². The van der Waals surface area contributed by atoms with E-state index in [9.17, 15) is 24.6 Å². The molecule has 1 fully saturated rings. The lowest BCUT2D eigenvalue weighted by molar-refractivity contribution is -0.258. The summed E-state index contributed by atoms with van der Waals surface area (Å²) in [4.78, 5) is 40.5. The Morgan fingerprint density at radius 1 is 0.618 bits per heavy atom. The van der Waals surface area contributed by atoms with Crippen LogP contribution in [0.3, 0.4) is 0 Å². The molecule has 0 unspecified atom stereocenters. The lowest BCUT2D eigenvalue weighted by Crippen LogP contribution is -2.65. The maximum Gasteiger partial charge on any atom is 0.306 e. The predicted molar refractivity (Wildman–Crippen MR) is 275 cm³/mol. The number of hydrogen-bond donors (Lipinski definition) is 3. The van der Waals surface area contributed by atoms with Gasteiger partial charge < -0.3 is 34.2 Å². The summed E-state index contributed by atoms with van der Waals surface area (Å²) in [6.07, 6.45) is 13.7. The fraction of sp³-hybridized carbons (Fsp3) is 0.632. The Morgan fingerprint density at radius 2 is 1.04 bits per heavy atom. The first kappa shape index (κ1) is 56.7. The van der Waals surface area contributed by atoms with Crippen molar-refractivity contribution in [3.63, 3.8) is 0 Å². The molecule has 1 aliphatic rings. The number of benzene rings is 3. The van der Waals surface area contributed by atoms with Crippen LogP contribution in [0.25, 0.3) is 0 Å². The monoisotopic (exact) mass is 958 g/mol. The van der Waals surface area contributed by atoms with Gasteiger partial charge in [-0.15, -0.1) is 0 Å². The van der Waals surface area contributed by atoms with E-state index in [4.69, 9.17) is 18.6 Å². The Labute approximate surface area is 410 Å². The summed E-state index contributed by atoms with van der Waals surface area (Å²) in [7, 11) is -2.28. The zero-order chi connectivity index (χ0) is 49.0. The van der Waals surface area contributed by atoms with Crippen LogP contribution >= 0.6 is 0 Å². The molecule has 3 aromatic carbocycles. The minimum absolute atomic E-state index is 0.00859. The number of unbranched alkanes of at least 4 members (excludes halogenated alkanes) is 13. The van der Waals surface area contributed by atoms with Crippen molar-refractivity contribution >= 4 is 26.2 Å². The SMILES string of the molecule is CC(C)(C)[Si](C)(C)OC[C@H]1O[C@@H](O)[C@H](NC(=O)C[C@@H](CCCCCCc2ccccc2)OC(=O)CCCCCCCCc2ccccc2)[C@@H](OC(=O)CCCCCCCCc2ccccc2)[C@@H]1O. The second kappa shape index (κ2) is 31.4. The average molecular weight is 958 g/mol. The van der Waals surface area contributed by atoms with Crippen LogP contribution in [-0.2, 0) is 52.3 Å². The van der Waals surface area contributed by atoms with Crippen molar-refractivity contribution in [1.29, 1.82) is 0 Å². The van der Waals surface area contributed by atoms with Crippen LogP contribution in [0.5, 0.6) is 0 Å². The van der Waals surface area contributed by atoms with Crippen LogP contribution in [-0.4, -0.2) is 79.7 Å². The minimum Gasteiger partial charge on any atom is -0.462 e. The van der Waals surface area contributed by atoms with E-state index in [1.165, 1.54) is 16.7 Å². The second-order valence-electron chi connectivity index (χ2n) is 20.6. The zero-order valence-electron chi connectivity index (χ0n) is 42.3. The van der Waals surface area contributed by atoms with Crippen molar-refractivity contribution in [1.82, 2.24) is 5.32 Å². The lowest BCUT2D eigenvalue weighted by Gasteiger charge is -2.44. The van der Waals surface area contributed by atoms with Gasteiger partial charge in [0.25, 0.3) is 0 Å². The Hall–Kier alpha value is -3.87. The molecule has 0 bridgehead atoms. The standard InChI is InChI=1S/C57H87NO9Si/c1-57(2,3)68(4,5)64-44-49-54(62)55(67-52(61)42-30-13-9-7-11-20-32-46-36-24-17-25-37-46)53(56(63)66-49)58-50(59)43-48(40-28-15-14-21-33-47-38-26-18-27-39-47)65-51(60)41-29-12-8-6-10-19-31-45-34-22-16-23-35-45/h16-18,22-27,34-39,48-49,53-56,62-63H,6-15,19-21,28-33,40-44H2,1-5H3,(H,58,59)/t48-,49-,53-,54-,55-,56-/m1/s1. The molecule has 10 nitrogen and oxygen atoms in total. The van der Waals surface area contributed by atoms with Crippen molar-refractivity contribution < 1.29 is 43.2 Å². The Kier molecular flexibility index (Phi) is 26.2. The van der Waals surface area contributed by atoms with E-state index in [-0.39, 0.29) is 36.9 Å². The summed E-state index contributed by atoms with van der Waals surface area (Å²) in [5.41, 5.74) is 4.02. The quantitative estimate of drug-likeness (QED) is 0.0309. The summed E-state index contributed by atoms with van der Waals surface area (Å²) in [6, 6.07) is 30.2. The maximum absolute atomic E-state index is 13.9. The summed E-state index contributed by atoms with van der Waals surface area (Å²) < 4.78 is 24.2. The van der Waals surface area contributed by atoms with Crippen LogP contribution in [0.1, 0.15) is 166 Å². The molecule has 4 rings (SSSR count). The molecular formula is C57H87NO9Si. The highest BCUT2D eigenvalue weighted by Gasteiger charge is 2.49. The number of nitrogens with one attached hydrogen (secondary N) is 1. The Morgan fingerprint density at radius 3 is 1.51 bits per heavy atom. The summed E-state index contributed by atoms with van der Waals surface area (Å²) in [6.45, 7) is 10.5. The molecule has 0 spiro atoms. The first-order valence-electron chi connectivity index (χ1n) is 26.2. The minimum atomic E-state index is -2.28. The predicted octanol–water partition coefficient (Wildman–Crippen LogP) is 11.9. The largest absolute Gasteiger partial charge is 0.462 e. The van der Waals surface area contributed by atoms with E-state index in [0.717, 1.165) is 116 Å². The molecule has 378 valence electrons. The summed E-state index contributed by atoms with van der Waals surface area (Å²) in [5.74, 6) is -1.33. The number of aryl methyl sites for hydroxylation is 3. The lowest BCUT2D eigenvalue weighted by atomic mass is 9.96. The number of aliphatic hydroxyl groups excluding tert-OH is 2. The number of ether oxygens (including phenoxy) is 3. The van der Waals surface area contributed by atoms with Gasteiger partial charge in [0.15, 0.2) is 20.7 Å². The van der Waals surface area contributed by atoms with Gasteiger partial charge in [-0.3, -0.25) is 14.4 Å². The number of hydrogen-bond acceptors (Lipinski definition) is 9. The maximum atomic E-state index is 13.9. The molecule has 1 saturated heterocycles. The van der Waals surface area contributed by atoms with E-state index >= 15 is 0 Å². The number of carbonyl (C=O) groups excluding carboxylic acids is 3. The molecule has 1 heterocycles. The third kappa shape index (κ3) is 22.3. The first-order chi connectivity index (χ1) is 32.7. The third-order valence-electron chi connectivity index (χ3n) is 13.9. The average Bonchev–Trinajstić information content (AvgIpc) is 3.31. The number of esters is 2. The van der Waals surface area contributed by atoms with Gasteiger partial charge in [0.1, 0.15) is 24.4 Å². The molecule has 68 heavy (non-hydrogen) atoms. The number of amides is 1. The molecule has 0 aliphatic carbocycles. The Bertz CT molecular complexity index is 1820. The highest BCUT2D eigenvalue weighted by Crippen LogP contribution is 2.37. The van der Waals surface area contributed by atoms with Gasteiger partial charge >= 0.3 is 11.9 Å². The highest BCUT2D eigenvalue weighted by molar-refractivity contribution is 6.74.